The van der Waals surface area contributed by atoms with E-state index < -0.39 is 17.6 Å². The van der Waals surface area contributed by atoms with Gasteiger partial charge in [0, 0.05) is 12.1 Å². The van der Waals surface area contributed by atoms with E-state index in [0.717, 1.165) is 10.2 Å². The third-order valence-corrected chi connectivity index (χ3v) is 3.15. The molecule has 0 aliphatic heterocycles. The highest BCUT2D eigenvalue weighted by atomic mass is 16.4. The summed E-state index contributed by atoms with van der Waals surface area (Å²) >= 11 is 0. The van der Waals surface area contributed by atoms with Crippen LogP contribution in [0.4, 0.5) is 0 Å². The summed E-state index contributed by atoms with van der Waals surface area (Å²) in [5.41, 5.74) is 1.21. The van der Waals surface area contributed by atoms with Crippen molar-refractivity contribution in [3.05, 3.63) is 35.1 Å². The highest BCUT2D eigenvalue weighted by Gasteiger charge is 2.21. The third kappa shape index (κ3) is 1.55. The molecule has 19 heavy (non-hydrogen) atoms. The highest BCUT2D eigenvalue weighted by molar-refractivity contribution is 5.82. The van der Waals surface area contributed by atoms with E-state index in [0.29, 0.717) is 11.1 Å². The highest BCUT2D eigenvalue weighted by Crippen LogP contribution is 2.19. The smallest absolute Gasteiger partial charge is 0.328 e. The average Bonchev–Trinajstić information content (AvgIpc) is 2.93. The van der Waals surface area contributed by atoms with Gasteiger partial charge in [0.25, 0.3) is 5.56 Å². The lowest BCUT2D eigenvalue weighted by Gasteiger charge is -2.11. The Bertz CT molecular complexity index is 826. The molecule has 7 nitrogen and oxygen atoms in total. The van der Waals surface area contributed by atoms with Crippen LogP contribution in [0.5, 0.6) is 0 Å². The molecular formula is C12H11N3O4. The van der Waals surface area contributed by atoms with Gasteiger partial charge in [-0.15, -0.1) is 0 Å². The Morgan fingerprint density at radius 3 is 3.00 bits per heavy atom. The number of carboxylic acid groups (broad SMARTS) is 1. The second-order valence-electron chi connectivity index (χ2n) is 4.21. The SMILES string of the molecule is CC[C@H](C(=O)O)n1ncn2c(cc3occc32)c1=O. The molecule has 1 atom stereocenters. The van der Waals surface area contributed by atoms with E-state index in [1.165, 1.54) is 12.6 Å². The van der Waals surface area contributed by atoms with E-state index in [-0.39, 0.29) is 6.42 Å². The van der Waals surface area contributed by atoms with Crippen molar-refractivity contribution in [1.82, 2.24) is 14.2 Å². The summed E-state index contributed by atoms with van der Waals surface area (Å²) in [6.07, 6.45) is 3.24. The van der Waals surface area contributed by atoms with Crippen molar-refractivity contribution in [2.24, 2.45) is 0 Å². The monoisotopic (exact) mass is 261 g/mol. The molecule has 3 heterocycles. The Hall–Kier alpha value is -2.57. The predicted octanol–water partition coefficient (Wildman–Crippen LogP) is 1.28. The second kappa shape index (κ2) is 3.98. The van der Waals surface area contributed by atoms with Crippen molar-refractivity contribution in [3.63, 3.8) is 0 Å². The van der Waals surface area contributed by atoms with Gasteiger partial charge in [0.15, 0.2) is 11.6 Å². The summed E-state index contributed by atoms with van der Waals surface area (Å²) in [7, 11) is 0. The Kier molecular flexibility index (Phi) is 2.41. The first kappa shape index (κ1) is 11.5. The molecule has 0 aliphatic rings. The minimum Gasteiger partial charge on any atom is -0.480 e. The van der Waals surface area contributed by atoms with E-state index in [1.807, 2.05) is 0 Å². The first-order valence-electron chi connectivity index (χ1n) is 5.82. The lowest BCUT2D eigenvalue weighted by molar-refractivity contribution is -0.141. The molecule has 1 N–H and O–H groups in total. The molecule has 0 saturated carbocycles. The molecule has 0 unspecified atom stereocenters. The largest absolute Gasteiger partial charge is 0.480 e. The number of nitrogens with zero attached hydrogens (tertiary/aromatic N) is 3. The number of furan rings is 1. The molecular weight excluding hydrogens is 250 g/mol. The predicted molar refractivity (Wildman–Crippen MR) is 66.2 cm³/mol. The molecule has 0 spiro atoms. The van der Waals surface area contributed by atoms with Crippen LogP contribution in [0.25, 0.3) is 16.6 Å². The Morgan fingerprint density at radius 1 is 1.53 bits per heavy atom. The third-order valence-electron chi connectivity index (χ3n) is 3.15. The number of aromatic nitrogens is 3. The molecule has 0 aliphatic carbocycles. The van der Waals surface area contributed by atoms with Gasteiger partial charge >= 0.3 is 5.97 Å². The maximum atomic E-state index is 12.3. The average molecular weight is 261 g/mol. The number of aliphatic carboxylic acids is 1. The van der Waals surface area contributed by atoms with E-state index in [9.17, 15) is 9.59 Å². The van der Waals surface area contributed by atoms with E-state index in [1.54, 1.807) is 23.5 Å². The van der Waals surface area contributed by atoms with Crippen LogP contribution in [0.15, 0.2) is 33.9 Å². The zero-order valence-corrected chi connectivity index (χ0v) is 10.1. The summed E-state index contributed by atoms with van der Waals surface area (Å²) in [4.78, 5) is 23.4. The molecule has 3 aromatic rings. The van der Waals surface area contributed by atoms with Crippen LogP contribution < -0.4 is 5.56 Å². The number of carboxylic acids is 1. The molecule has 0 radical (unpaired) electrons. The van der Waals surface area contributed by atoms with Gasteiger partial charge in [-0.05, 0) is 6.42 Å². The molecule has 7 heteroatoms. The zero-order chi connectivity index (χ0) is 13.6. The van der Waals surface area contributed by atoms with Crippen molar-refractivity contribution in [3.8, 4) is 0 Å². The summed E-state index contributed by atoms with van der Waals surface area (Å²) in [5, 5.41) is 13.0. The normalized spacial score (nSPS) is 13.1. The zero-order valence-electron chi connectivity index (χ0n) is 10.1. The van der Waals surface area contributed by atoms with E-state index in [4.69, 9.17) is 9.52 Å². The number of carbonyl (C=O) groups is 1. The van der Waals surface area contributed by atoms with Crippen LogP contribution in [0, 0.1) is 0 Å². The summed E-state index contributed by atoms with van der Waals surface area (Å²) in [6, 6.07) is 2.35. The molecule has 98 valence electrons. The number of rotatable bonds is 3. The van der Waals surface area contributed by atoms with E-state index in [2.05, 4.69) is 5.10 Å². The lowest BCUT2D eigenvalue weighted by atomic mass is 10.2. The van der Waals surface area contributed by atoms with E-state index >= 15 is 0 Å². The topological polar surface area (TPSA) is 89.7 Å². The minimum atomic E-state index is -1.07. The Labute approximate surface area is 106 Å². The van der Waals surface area contributed by atoms with Gasteiger partial charge in [-0.1, -0.05) is 6.92 Å². The summed E-state index contributed by atoms with van der Waals surface area (Å²) < 4.78 is 7.81. The van der Waals surface area contributed by atoms with Gasteiger partial charge in [0.1, 0.15) is 11.8 Å². The summed E-state index contributed by atoms with van der Waals surface area (Å²) in [5.74, 6) is -1.07. The molecule has 3 aromatic heterocycles. The fourth-order valence-corrected chi connectivity index (χ4v) is 2.19. The second-order valence-corrected chi connectivity index (χ2v) is 4.21. The molecule has 0 aromatic carbocycles. The summed E-state index contributed by atoms with van der Waals surface area (Å²) in [6.45, 7) is 1.70. The van der Waals surface area contributed by atoms with Crippen LogP contribution in [0.1, 0.15) is 19.4 Å². The fourth-order valence-electron chi connectivity index (χ4n) is 2.19. The van der Waals surface area contributed by atoms with Crippen molar-refractivity contribution < 1.29 is 14.3 Å². The van der Waals surface area contributed by atoms with Crippen molar-refractivity contribution in [2.45, 2.75) is 19.4 Å². The lowest BCUT2D eigenvalue weighted by Crippen LogP contribution is -2.32. The fraction of sp³-hybridized carbons (Fsp3) is 0.250. The molecule has 0 saturated heterocycles. The van der Waals surface area contributed by atoms with Crippen LogP contribution >= 0.6 is 0 Å². The van der Waals surface area contributed by atoms with Crippen molar-refractivity contribution in [1.29, 1.82) is 0 Å². The maximum Gasteiger partial charge on any atom is 0.328 e. The number of fused-ring (bicyclic) bond motifs is 3. The first-order chi connectivity index (χ1) is 9.13. The van der Waals surface area contributed by atoms with Crippen LogP contribution in [-0.2, 0) is 4.79 Å². The van der Waals surface area contributed by atoms with Crippen molar-refractivity contribution in [2.75, 3.05) is 0 Å². The van der Waals surface area contributed by atoms with Gasteiger partial charge in [-0.3, -0.25) is 9.20 Å². The molecule has 0 fully saturated rings. The van der Waals surface area contributed by atoms with Crippen LogP contribution in [0.2, 0.25) is 0 Å². The van der Waals surface area contributed by atoms with Gasteiger partial charge in [-0.25, -0.2) is 9.48 Å². The maximum absolute atomic E-state index is 12.3. The van der Waals surface area contributed by atoms with Gasteiger partial charge in [0.2, 0.25) is 0 Å². The molecule has 0 bridgehead atoms. The van der Waals surface area contributed by atoms with Gasteiger partial charge in [-0.2, -0.15) is 5.10 Å². The number of hydrogen-bond donors (Lipinski definition) is 1. The molecule has 3 rings (SSSR count). The quantitative estimate of drug-likeness (QED) is 0.767. The minimum absolute atomic E-state index is 0.287. The Morgan fingerprint density at radius 2 is 2.32 bits per heavy atom. The van der Waals surface area contributed by atoms with Crippen LogP contribution in [-0.4, -0.2) is 25.3 Å². The Balaban J connectivity index is 2.31. The standard InChI is InChI=1S/C12H11N3O4/c1-2-7(12(17)18)15-11(16)9-5-10-8(3-4-19-10)14(9)6-13-15/h3-7H,2H2,1H3,(H,17,18)/t7-/m1/s1. The number of hydrogen-bond acceptors (Lipinski definition) is 4. The molecule has 0 amide bonds. The van der Waals surface area contributed by atoms with Gasteiger partial charge in [0.05, 0.1) is 11.8 Å². The van der Waals surface area contributed by atoms with Crippen molar-refractivity contribution >= 4 is 22.6 Å². The van der Waals surface area contributed by atoms with Crippen LogP contribution in [0.3, 0.4) is 0 Å². The van der Waals surface area contributed by atoms with Gasteiger partial charge < -0.3 is 9.52 Å². The first-order valence-corrected chi connectivity index (χ1v) is 5.82.